The number of carbonyl (C=O) groups is 4. The smallest absolute Gasteiger partial charge is 0.233 e. The van der Waals surface area contributed by atoms with Crippen LogP contribution in [-0.4, -0.2) is 23.1 Å². The molecule has 0 unspecified atom stereocenters. The predicted molar refractivity (Wildman–Crippen MR) is 146 cm³/mol. The van der Waals surface area contributed by atoms with Gasteiger partial charge in [0.25, 0.3) is 0 Å². The monoisotopic (exact) mass is 494 g/mol. The number of carbonyl (C=O) groups excluding carboxylic acids is 4. The van der Waals surface area contributed by atoms with Gasteiger partial charge in [-0.05, 0) is 48.5 Å². The third-order valence-corrected chi connectivity index (χ3v) is 4.95. The minimum atomic E-state index is -0.598. The summed E-state index contributed by atoms with van der Waals surface area (Å²) in [7, 11) is 0. The lowest BCUT2D eigenvalue weighted by molar-refractivity contribution is 0.0817. The fraction of sp³-hybridized carbons (Fsp3) is 0.125. The van der Waals surface area contributed by atoms with Gasteiger partial charge in [-0.25, -0.2) is 0 Å². The van der Waals surface area contributed by atoms with Gasteiger partial charge < -0.3 is 4.74 Å². The Hall–Kier alpha value is -4.64. The molecule has 4 aromatic carbocycles. The Kier molecular flexibility index (Phi) is 11.4. The maximum Gasteiger partial charge on any atom is 0.233 e. The SMILES string of the molecule is CC.CC.O=C(C(=O)c1ccc(Oc2ccc(C(=O)C(=O)c3ccccc3)cc2)cc1)c1ccccc1. The first-order valence-corrected chi connectivity index (χ1v) is 12.2. The molecule has 0 heterocycles. The first kappa shape index (κ1) is 28.6. The lowest BCUT2D eigenvalue weighted by Crippen LogP contribution is -2.14. The Labute approximate surface area is 217 Å². The van der Waals surface area contributed by atoms with Crippen molar-refractivity contribution in [3.63, 3.8) is 0 Å². The van der Waals surface area contributed by atoms with Gasteiger partial charge in [0, 0.05) is 22.3 Å². The molecule has 0 aliphatic carbocycles. The van der Waals surface area contributed by atoms with Crippen molar-refractivity contribution in [2.45, 2.75) is 27.7 Å². The van der Waals surface area contributed by atoms with E-state index in [9.17, 15) is 19.2 Å². The van der Waals surface area contributed by atoms with E-state index in [-0.39, 0.29) is 11.1 Å². The van der Waals surface area contributed by atoms with Crippen LogP contribution in [0.25, 0.3) is 0 Å². The zero-order valence-corrected chi connectivity index (χ0v) is 21.4. The maximum absolute atomic E-state index is 12.4. The molecular formula is C32H30O5. The second-order valence-corrected chi connectivity index (χ2v) is 7.20. The summed E-state index contributed by atoms with van der Waals surface area (Å²) >= 11 is 0. The van der Waals surface area contributed by atoms with Crippen LogP contribution >= 0.6 is 0 Å². The van der Waals surface area contributed by atoms with Crippen LogP contribution < -0.4 is 4.74 Å². The highest BCUT2D eigenvalue weighted by Gasteiger charge is 2.19. The Morgan fingerprint density at radius 2 is 0.622 bits per heavy atom. The van der Waals surface area contributed by atoms with Gasteiger partial charge in [-0.1, -0.05) is 88.4 Å². The number of benzene rings is 4. The molecule has 0 aliphatic heterocycles. The normalized spacial score (nSPS) is 9.51. The molecule has 0 N–H and O–H groups in total. The van der Waals surface area contributed by atoms with Gasteiger partial charge in [-0.2, -0.15) is 0 Å². The van der Waals surface area contributed by atoms with Gasteiger partial charge in [0.2, 0.25) is 23.1 Å². The van der Waals surface area contributed by atoms with Crippen LogP contribution in [0, 0.1) is 0 Å². The van der Waals surface area contributed by atoms with Crippen LogP contribution in [0.5, 0.6) is 11.5 Å². The number of hydrogen-bond donors (Lipinski definition) is 0. The molecule has 37 heavy (non-hydrogen) atoms. The van der Waals surface area contributed by atoms with Crippen LogP contribution in [0.3, 0.4) is 0 Å². The van der Waals surface area contributed by atoms with Crippen molar-refractivity contribution in [3.8, 4) is 11.5 Å². The van der Waals surface area contributed by atoms with Crippen molar-refractivity contribution >= 4 is 23.1 Å². The predicted octanol–water partition coefficient (Wildman–Crippen LogP) is 7.66. The van der Waals surface area contributed by atoms with Gasteiger partial charge >= 0.3 is 0 Å². The Balaban J connectivity index is 0.00000115. The van der Waals surface area contributed by atoms with E-state index in [4.69, 9.17) is 4.74 Å². The third-order valence-electron chi connectivity index (χ3n) is 4.95. The van der Waals surface area contributed by atoms with Gasteiger partial charge in [0.05, 0.1) is 0 Å². The van der Waals surface area contributed by atoms with E-state index in [1.54, 1.807) is 84.9 Å². The summed E-state index contributed by atoms with van der Waals surface area (Å²) in [5, 5.41) is 0. The molecule has 0 bridgehead atoms. The van der Waals surface area contributed by atoms with Crippen molar-refractivity contribution in [3.05, 3.63) is 131 Å². The molecule has 0 saturated carbocycles. The Morgan fingerprint density at radius 1 is 0.378 bits per heavy atom. The Morgan fingerprint density at radius 3 is 0.892 bits per heavy atom. The highest BCUT2D eigenvalue weighted by molar-refractivity contribution is 6.49. The van der Waals surface area contributed by atoms with Gasteiger partial charge in [-0.15, -0.1) is 0 Å². The molecule has 0 saturated heterocycles. The molecule has 0 fully saturated rings. The molecule has 0 atom stereocenters. The zero-order chi connectivity index (χ0) is 27.2. The van der Waals surface area contributed by atoms with Crippen LogP contribution in [-0.2, 0) is 0 Å². The van der Waals surface area contributed by atoms with Crippen LogP contribution in [0.1, 0.15) is 69.1 Å². The molecule has 5 heteroatoms. The number of rotatable bonds is 8. The van der Waals surface area contributed by atoms with Crippen molar-refractivity contribution < 1.29 is 23.9 Å². The Bertz CT molecular complexity index is 1200. The maximum atomic E-state index is 12.4. The van der Waals surface area contributed by atoms with Crippen molar-refractivity contribution in [2.24, 2.45) is 0 Å². The van der Waals surface area contributed by atoms with Gasteiger partial charge in [-0.3, -0.25) is 19.2 Å². The lowest BCUT2D eigenvalue weighted by atomic mass is 10.0. The minimum Gasteiger partial charge on any atom is -0.457 e. The fourth-order valence-corrected chi connectivity index (χ4v) is 3.19. The number of Topliss-reactive ketones (excluding diaryl/α,β-unsaturated/α-hetero) is 4. The highest BCUT2D eigenvalue weighted by Crippen LogP contribution is 2.23. The van der Waals surface area contributed by atoms with Crippen LogP contribution in [0.2, 0.25) is 0 Å². The molecule has 5 nitrogen and oxygen atoms in total. The first-order valence-electron chi connectivity index (χ1n) is 12.2. The molecule has 0 aliphatic rings. The summed E-state index contributed by atoms with van der Waals surface area (Å²) in [4.78, 5) is 49.5. The molecule has 0 spiro atoms. The van der Waals surface area contributed by atoms with Crippen molar-refractivity contribution in [1.29, 1.82) is 0 Å². The van der Waals surface area contributed by atoms with Gasteiger partial charge in [0.15, 0.2) is 0 Å². The van der Waals surface area contributed by atoms with E-state index >= 15 is 0 Å². The van der Waals surface area contributed by atoms with Crippen molar-refractivity contribution in [1.82, 2.24) is 0 Å². The van der Waals surface area contributed by atoms with E-state index in [1.165, 1.54) is 24.3 Å². The molecule has 0 radical (unpaired) electrons. The fourth-order valence-electron chi connectivity index (χ4n) is 3.19. The summed E-state index contributed by atoms with van der Waals surface area (Å²) in [6.45, 7) is 8.00. The third kappa shape index (κ3) is 7.67. The van der Waals surface area contributed by atoms with Crippen molar-refractivity contribution in [2.75, 3.05) is 0 Å². The quantitative estimate of drug-likeness (QED) is 0.186. The lowest BCUT2D eigenvalue weighted by Gasteiger charge is -2.07. The average molecular weight is 495 g/mol. The number of ketones is 4. The van der Waals surface area contributed by atoms with Gasteiger partial charge in [0.1, 0.15) is 11.5 Å². The first-order chi connectivity index (χ1) is 18.0. The second kappa shape index (κ2) is 14.7. The van der Waals surface area contributed by atoms with E-state index in [1.807, 2.05) is 27.7 Å². The molecule has 4 rings (SSSR count). The molecular weight excluding hydrogens is 464 g/mol. The van der Waals surface area contributed by atoms with Crippen LogP contribution in [0.4, 0.5) is 0 Å². The van der Waals surface area contributed by atoms with Crippen LogP contribution in [0.15, 0.2) is 109 Å². The molecule has 4 aromatic rings. The summed E-state index contributed by atoms with van der Waals surface area (Å²) in [6, 6.07) is 29.2. The number of ether oxygens (including phenoxy) is 1. The number of hydrogen-bond acceptors (Lipinski definition) is 5. The summed E-state index contributed by atoms with van der Waals surface area (Å²) < 4.78 is 5.75. The molecule has 0 aromatic heterocycles. The molecule has 0 amide bonds. The summed E-state index contributed by atoms with van der Waals surface area (Å²) in [5.41, 5.74) is 1.19. The average Bonchev–Trinajstić information content (AvgIpc) is 2.99. The van der Waals surface area contributed by atoms with E-state index in [0.717, 1.165) is 0 Å². The summed E-state index contributed by atoms with van der Waals surface area (Å²) in [5.74, 6) is -1.43. The topological polar surface area (TPSA) is 77.5 Å². The van der Waals surface area contributed by atoms with E-state index in [2.05, 4.69) is 0 Å². The minimum absolute atomic E-state index is 0.261. The van der Waals surface area contributed by atoms with E-state index in [0.29, 0.717) is 22.6 Å². The molecule has 188 valence electrons. The zero-order valence-electron chi connectivity index (χ0n) is 21.4. The highest BCUT2D eigenvalue weighted by atomic mass is 16.5. The standard InChI is InChI=1S/C28H18O5.2C2H6/c29-25(19-7-3-1-4-8-19)27(31)21-11-15-23(16-12-21)33-24-17-13-22(14-18-24)28(32)26(30)20-9-5-2-6-10-20;2*1-2/h1-18H;2*1-2H3. The largest absolute Gasteiger partial charge is 0.457 e. The van der Waals surface area contributed by atoms with E-state index < -0.39 is 23.1 Å². The summed E-state index contributed by atoms with van der Waals surface area (Å²) in [6.07, 6.45) is 0. The second-order valence-electron chi connectivity index (χ2n) is 7.20.